The van der Waals surface area contributed by atoms with Crippen LogP contribution in [0.1, 0.15) is 27.7 Å². The molecule has 0 bridgehead atoms. The SMILES string of the molecule is CC(C)N1CN(C(C)C)C1. The monoisotopic (exact) mass is 142 g/mol. The molecule has 60 valence electrons. The highest BCUT2D eigenvalue weighted by Crippen LogP contribution is 2.14. The first kappa shape index (κ1) is 8.02. The lowest BCUT2D eigenvalue weighted by Crippen LogP contribution is -2.59. The Hall–Kier alpha value is -0.0800. The molecule has 1 fully saturated rings. The van der Waals surface area contributed by atoms with Gasteiger partial charge in [0, 0.05) is 12.1 Å². The van der Waals surface area contributed by atoms with Gasteiger partial charge in [-0.1, -0.05) is 0 Å². The molecule has 0 amide bonds. The molecule has 0 radical (unpaired) electrons. The van der Waals surface area contributed by atoms with E-state index in [0.717, 1.165) is 25.4 Å². The Morgan fingerprint density at radius 1 is 0.800 bits per heavy atom. The first-order valence-electron chi connectivity index (χ1n) is 4.09. The van der Waals surface area contributed by atoms with Crippen LogP contribution in [0.3, 0.4) is 0 Å². The summed E-state index contributed by atoms with van der Waals surface area (Å²) in [5.41, 5.74) is 0. The second kappa shape index (κ2) is 2.89. The van der Waals surface area contributed by atoms with Crippen LogP contribution in [0.2, 0.25) is 0 Å². The molecule has 1 rings (SSSR count). The fourth-order valence-electron chi connectivity index (χ4n) is 1.08. The first-order chi connectivity index (χ1) is 4.61. The third-order valence-corrected chi connectivity index (χ3v) is 2.19. The van der Waals surface area contributed by atoms with Crippen molar-refractivity contribution in [2.45, 2.75) is 39.8 Å². The maximum absolute atomic E-state index is 2.46. The lowest BCUT2D eigenvalue weighted by atomic mass is 10.2. The van der Waals surface area contributed by atoms with E-state index in [1.807, 2.05) is 0 Å². The van der Waals surface area contributed by atoms with Gasteiger partial charge >= 0.3 is 0 Å². The van der Waals surface area contributed by atoms with Crippen molar-refractivity contribution in [3.63, 3.8) is 0 Å². The molecule has 0 aromatic rings. The van der Waals surface area contributed by atoms with E-state index in [0.29, 0.717) is 0 Å². The zero-order valence-electron chi connectivity index (χ0n) is 7.46. The van der Waals surface area contributed by atoms with Crippen LogP contribution in [-0.4, -0.2) is 35.2 Å². The molecule has 2 nitrogen and oxygen atoms in total. The average Bonchev–Trinajstić information content (AvgIpc) is 1.56. The molecule has 0 aromatic heterocycles. The zero-order valence-corrected chi connectivity index (χ0v) is 7.46. The molecule has 0 atom stereocenters. The summed E-state index contributed by atoms with van der Waals surface area (Å²) < 4.78 is 0. The molecule has 1 aliphatic rings. The van der Waals surface area contributed by atoms with Gasteiger partial charge in [-0.2, -0.15) is 0 Å². The van der Waals surface area contributed by atoms with Gasteiger partial charge in [0.1, 0.15) is 0 Å². The normalized spacial score (nSPS) is 22.2. The molecule has 10 heavy (non-hydrogen) atoms. The van der Waals surface area contributed by atoms with E-state index in [9.17, 15) is 0 Å². The van der Waals surface area contributed by atoms with Crippen molar-refractivity contribution in [2.24, 2.45) is 0 Å². The number of nitrogens with zero attached hydrogens (tertiary/aromatic N) is 2. The smallest absolute Gasteiger partial charge is 0.0535 e. The van der Waals surface area contributed by atoms with Crippen LogP contribution in [0.4, 0.5) is 0 Å². The van der Waals surface area contributed by atoms with Gasteiger partial charge in [0.25, 0.3) is 0 Å². The minimum atomic E-state index is 0.718. The van der Waals surface area contributed by atoms with Crippen LogP contribution in [0, 0.1) is 0 Å². The van der Waals surface area contributed by atoms with Crippen molar-refractivity contribution >= 4 is 0 Å². The maximum Gasteiger partial charge on any atom is 0.0535 e. The van der Waals surface area contributed by atoms with E-state index in [1.165, 1.54) is 0 Å². The Bertz CT molecular complexity index is 91.8. The fraction of sp³-hybridized carbons (Fsp3) is 1.00. The third kappa shape index (κ3) is 1.50. The summed E-state index contributed by atoms with van der Waals surface area (Å²) in [7, 11) is 0. The number of rotatable bonds is 2. The van der Waals surface area contributed by atoms with Crippen molar-refractivity contribution < 1.29 is 0 Å². The molecule has 1 saturated heterocycles. The third-order valence-electron chi connectivity index (χ3n) is 2.19. The lowest BCUT2D eigenvalue weighted by molar-refractivity contribution is -0.0698. The van der Waals surface area contributed by atoms with Crippen LogP contribution < -0.4 is 0 Å². The minimum Gasteiger partial charge on any atom is -0.275 e. The molecule has 0 aromatic carbocycles. The van der Waals surface area contributed by atoms with E-state index in [-0.39, 0.29) is 0 Å². The second-order valence-corrected chi connectivity index (χ2v) is 3.65. The van der Waals surface area contributed by atoms with Crippen molar-refractivity contribution in [1.82, 2.24) is 9.80 Å². The van der Waals surface area contributed by atoms with E-state index >= 15 is 0 Å². The summed E-state index contributed by atoms with van der Waals surface area (Å²) >= 11 is 0. The summed E-state index contributed by atoms with van der Waals surface area (Å²) in [6, 6.07) is 1.44. The van der Waals surface area contributed by atoms with Crippen LogP contribution in [0.5, 0.6) is 0 Å². The molecular formula is C8H18N2. The van der Waals surface area contributed by atoms with Gasteiger partial charge in [-0.05, 0) is 27.7 Å². The molecule has 1 heterocycles. The van der Waals surface area contributed by atoms with Gasteiger partial charge < -0.3 is 0 Å². The van der Waals surface area contributed by atoms with Crippen molar-refractivity contribution in [1.29, 1.82) is 0 Å². The van der Waals surface area contributed by atoms with Crippen LogP contribution in [0.25, 0.3) is 0 Å². The standard InChI is InChI=1S/C8H18N2/c1-7(2)9-5-10(6-9)8(3)4/h7-8H,5-6H2,1-4H3. The van der Waals surface area contributed by atoms with Gasteiger partial charge in [0.2, 0.25) is 0 Å². The largest absolute Gasteiger partial charge is 0.275 e. The van der Waals surface area contributed by atoms with Crippen LogP contribution in [-0.2, 0) is 0 Å². The predicted molar refractivity (Wildman–Crippen MR) is 43.7 cm³/mol. The molecule has 2 heteroatoms. The summed E-state index contributed by atoms with van der Waals surface area (Å²) in [6.45, 7) is 11.3. The summed E-state index contributed by atoms with van der Waals surface area (Å²) in [4.78, 5) is 4.92. The zero-order chi connectivity index (χ0) is 7.72. The van der Waals surface area contributed by atoms with Gasteiger partial charge in [0.05, 0.1) is 13.3 Å². The fourth-order valence-corrected chi connectivity index (χ4v) is 1.08. The van der Waals surface area contributed by atoms with Gasteiger partial charge in [-0.15, -0.1) is 0 Å². The Morgan fingerprint density at radius 2 is 1.10 bits per heavy atom. The first-order valence-corrected chi connectivity index (χ1v) is 4.09. The summed E-state index contributed by atoms with van der Waals surface area (Å²) in [6.07, 6.45) is 0. The maximum atomic E-state index is 2.46. The molecule has 0 N–H and O–H groups in total. The Balaban J connectivity index is 2.18. The van der Waals surface area contributed by atoms with Crippen molar-refractivity contribution in [3.05, 3.63) is 0 Å². The van der Waals surface area contributed by atoms with E-state index in [1.54, 1.807) is 0 Å². The van der Waals surface area contributed by atoms with Gasteiger partial charge in [0.15, 0.2) is 0 Å². The van der Waals surface area contributed by atoms with Gasteiger partial charge in [-0.3, -0.25) is 9.80 Å². The number of hydrogen-bond donors (Lipinski definition) is 0. The van der Waals surface area contributed by atoms with Gasteiger partial charge in [-0.25, -0.2) is 0 Å². The van der Waals surface area contributed by atoms with Crippen molar-refractivity contribution in [2.75, 3.05) is 13.3 Å². The topological polar surface area (TPSA) is 6.48 Å². The summed E-state index contributed by atoms with van der Waals surface area (Å²) in [5, 5.41) is 0. The molecule has 0 saturated carbocycles. The van der Waals surface area contributed by atoms with Crippen LogP contribution in [0.15, 0.2) is 0 Å². The second-order valence-electron chi connectivity index (χ2n) is 3.65. The quantitative estimate of drug-likeness (QED) is 0.574. The highest BCUT2D eigenvalue weighted by Gasteiger charge is 2.26. The minimum absolute atomic E-state index is 0.718. The molecule has 0 spiro atoms. The van der Waals surface area contributed by atoms with E-state index in [2.05, 4.69) is 37.5 Å². The van der Waals surface area contributed by atoms with Crippen LogP contribution >= 0.6 is 0 Å². The average molecular weight is 142 g/mol. The Kier molecular flexibility index (Phi) is 2.32. The van der Waals surface area contributed by atoms with E-state index in [4.69, 9.17) is 0 Å². The lowest BCUT2D eigenvalue weighted by Gasteiger charge is -2.47. The summed E-state index contributed by atoms with van der Waals surface area (Å²) in [5.74, 6) is 0. The molecule has 1 aliphatic heterocycles. The van der Waals surface area contributed by atoms with E-state index < -0.39 is 0 Å². The van der Waals surface area contributed by atoms with Crippen molar-refractivity contribution in [3.8, 4) is 0 Å². The molecule has 0 aliphatic carbocycles. The molecule has 0 unspecified atom stereocenters. The molecular weight excluding hydrogens is 124 g/mol. The number of hydrogen-bond acceptors (Lipinski definition) is 2. The highest BCUT2D eigenvalue weighted by atomic mass is 15.5. The highest BCUT2D eigenvalue weighted by molar-refractivity contribution is 4.75. The Labute approximate surface area is 63.8 Å². The predicted octanol–water partition coefficient (Wildman–Crippen LogP) is 1.34. The Morgan fingerprint density at radius 3 is 1.30 bits per heavy atom.